The van der Waals surface area contributed by atoms with Crippen LogP contribution in [0.3, 0.4) is 0 Å². The minimum atomic E-state index is -0.524. The van der Waals surface area contributed by atoms with Gasteiger partial charge in [-0.1, -0.05) is 48.4 Å². The van der Waals surface area contributed by atoms with Crippen molar-refractivity contribution in [3.8, 4) is 5.75 Å². The van der Waals surface area contributed by atoms with Gasteiger partial charge in [0.1, 0.15) is 5.75 Å². The molecule has 0 aliphatic rings. The molecule has 2 aromatic carbocycles. The van der Waals surface area contributed by atoms with Crippen LogP contribution in [0.1, 0.15) is 37.4 Å². The van der Waals surface area contributed by atoms with Gasteiger partial charge in [0.2, 0.25) is 0 Å². The summed E-state index contributed by atoms with van der Waals surface area (Å²) in [5.41, 5.74) is 2.27. The first-order chi connectivity index (χ1) is 11.0. The number of rotatable bonds is 6. The van der Waals surface area contributed by atoms with Crippen molar-refractivity contribution in [3.63, 3.8) is 0 Å². The molecule has 122 valence electrons. The van der Waals surface area contributed by atoms with Crippen LogP contribution in [0, 0.1) is 6.92 Å². The van der Waals surface area contributed by atoms with E-state index in [2.05, 4.69) is 5.32 Å². The molecule has 0 bridgehead atoms. The van der Waals surface area contributed by atoms with Crippen molar-refractivity contribution in [1.82, 2.24) is 5.32 Å². The molecular weight excluding hydrogens is 310 g/mol. The van der Waals surface area contributed by atoms with Gasteiger partial charge in [0.25, 0.3) is 5.91 Å². The second kappa shape index (κ2) is 8.02. The van der Waals surface area contributed by atoms with Gasteiger partial charge in [-0.25, -0.2) is 0 Å². The first-order valence-electron chi connectivity index (χ1n) is 7.78. The summed E-state index contributed by atoms with van der Waals surface area (Å²) in [5, 5.41) is 3.65. The fraction of sp³-hybridized carbons (Fsp3) is 0.316. The van der Waals surface area contributed by atoms with E-state index in [0.717, 1.165) is 5.56 Å². The Morgan fingerprint density at radius 2 is 1.74 bits per heavy atom. The van der Waals surface area contributed by atoms with E-state index in [0.29, 0.717) is 17.2 Å². The number of carbonyl (C=O) groups is 1. The van der Waals surface area contributed by atoms with E-state index in [1.165, 1.54) is 5.56 Å². The van der Waals surface area contributed by atoms with Crippen molar-refractivity contribution in [2.24, 2.45) is 0 Å². The molecule has 1 amide bonds. The molecule has 0 saturated heterocycles. The number of halogens is 1. The Kier molecular flexibility index (Phi) is 6.05. The largest absolute Gasteiger partial charge is 0.481 e. The molecule has 0 radical (unpaired) electrons. The smallest absolute Gasteiger partial charge is 0.261 e. The lowest BCUT2D eigenvalue weighted by atomic mass is 10.1. The standard InChI is InChI=1S/C19H22ClNO2/c1-4-18(23-17-11-9-16(20)10-12-17)19(22)21-14(3)15-7-5-13(2)6-8-15/h5-12,14,18H,4H2,1-3H3,(H,21,22). The third kappa shape index (κ3) is 5.00. The number of amides is 1. The van der Waals surface area contributed by atoms with Crippen molar-refractivity contribution in [2.45, 2.75) is 39.3 Å². The summed E-state index contributed by atoms with van der Waals surface area (Å²) < 4.78 is 5.77. The van der Waals surface area contributed by atoms with Crippen molar-refractivity contribution >= 4 is 17.5 Å². The van der Waals surface area contributed by atoms with Crippen LogP contribution in [0.2, 0.25) is 5.02 Å². The molecule has 23 heavy (non-hydrogen) atoms. The van der Waals surface area contributed by atoms with Crippen molar-refractivity contribution in [2.75, 3.05) is 0 Å². The number of nitrogens with one attached hydrogen (secondary N) is 1. The topological polar surface area (TPSA) is 38.3 Å². The zero-order valence-electron chi connectivity index (χ0n) is 13.7. The lowest BCUT2D eigenvalue weighted by Gasteiger charge is -2.21. The zero-order valence-corrected chi connectivity index (χ0v) is 14.4. The molecule has 2 aromatic rings. The fourth-order valence-electron chi connectivity index (χ4n) is 2.24. The zero-order chi connectivity index (χ0) is 16.8. The maximum absolute atomic E-state index is 12.4. The van der Waals surface area contributed by atoms with Crippen LogP contribution in [0.5, 0.6) is 5.75 Å². The Morgan fingerprint density at radius 3 is 2.30 bits per heavy atom. The van der Waals surface area contributed by atoms with Crippen LogP contribution in [-0.4, -0.2) is 12.0 Å². The molecule has 4 heteroatoms. The van der Waals surface area contributed by atoms with Crippen LogP contribution >= 0.6 is 11.6 Å². The van der Waals surface area contributed by atoms with Crippen molar-refractivity contribution < 1.29 is 9.53 Å². The van der Waals surface area contributed by atoms with Gasteiger partial charge in [-0.05, 0) is 50.1 Å². The molecule has 0 aliphatic heterocycles. The predicted molar refractivity (Wildman–Crippen MR) is 93.9 cm³/mol. The molecule has 0 saturated carbocycles. The highest BCUT2D eigenvalue weighted by Gasteiger charge is 2.20. The summed E-state index contributed by atoms with van der Waals surface area (Å²) in [6.45, 7) is 5.94. The highest BCUT2D eigenvalue weighted by molar-refractivity contribution is 6.30. The average molecular weight is 332 g/mol. The van der Waals surface area contributed by atoms with Gasteiger partial charge in [0.05, 0.1) is 6.04 Å². The maximum atomic E-state index is 12.4. The third-order valence-corrected chi connectivity index (χ3v) is 3.94. The van der Waals surface area contributed by atoms with E-state index in [-0.39, 0.29) is 11.9 Å². The Morgan fingerprint density at radius 1 is 1.13 bits per heavy atom. The summed E-state index contributed by atoms with van der Waals surface area (Å²) >= 11 is 5.86. The normalized spacial score (nSPS) is 13.2. The van der Waals surface area contributed by atoms with E-state index in [9.17, 15) is 4.79 Å². The lowest BCUT2D eigenvalue weighted by Crippen LogP contribution is -2.39. The van der Waals surface area contributed by atoms with Crippen LogP contribution in [0.4, 0.5) is 0 Å². The highest BCUT2D eigenvalue weighted by atomic mass is 35.5. The minimum absolute atomic E-state index is 0.0639. The third-order valence-electron chi connectivity index (χ3n) is 3.69. The molecule has 2 rings (SSSR count). The Balaban J connectivity index is 1.99. The minimum Gasteiger partial charge on any atom is -0.481 e. The maximum Gasteiger partial charge on any atom is 0.261 e. The first-order valence-corrected chi connectivity index (χ1v) is 8.16. The average Bonchev–Trinajstić information content (AvgIpc) is 2.54. The van der Waals surface area contributed by atoms with Gasteiger partial charge >= 0.3 is 0 Å². The van der Waals surface area contributed by atoms with Gasteiger partial charge in [0.15, 0.2) is 6.10 Å². The van der Waals surface area contributed by atoms with Crippen LogP contribution < -0.4 is 10.1 Å². The number of aryl methyl sites for hydroxylation is 1. The number of hydrogen-bond donors (Lipinski definition) is 1. The molecular formula is C19H22ClNO2. The molecule has 0 fully saturated rings. The summed E-state index contributed by atoms with van der Waals surface area (Å²) in [7, 11) is 0. The van der Waals surface area contributed by atoms with Gasteiger partial charge in [-0.2, -0.15) is 0 Å². The summed E-state index contributed by atoms with van der Waals surface area (Å²) in [6, 6.07) is 15.1. The Bertz CT molecular complexity index is 637. The molecule has 0 aliphatic carbocycles. The first kappa shape index (κ1) is 17.4. The van der Waals surface area contributed by atoms with Gasteiger partial charge in [-0.3, -0.25) is 4.79 Å². The molecule has 3 nitrogen and oxygen atoms in total. The molecule has 2 unspecified atom stereocenters. The van der Waals surface area contributed by atoms with E-state index in [4.69, 9.17) is 16.3 Å². The quantitative estimate of drug-likeness (QED) is 0.834. The number of carbonyl (C=O) groups excluding carboxylic acids is 1. The predicted octanol–water partition coefficient (Wildman–Crippen LogP) is 4.68. The highest BCUT2D eigenvalue weighted by Crippen LogP contribution is 2.19. The van der Waals surface area contributed by atoms with Gasteiger partial charge in [0, 0.05) is 5.02 Å². The summed E-state index contributed by atoms with van der Waals surface area (Å²) in [5.74, 6) is 0.523. The van der Waals surface area contributed by atoms with Gasteiger partial charge in [-0.15, -0.1) is 0 Å². The van der Waals surface area contributed by atoms with Crippen LogP contribution in [-0.2, 0) is 4.79 Å². The molecule has 1 N–H and O–H groups in total. The Hall–Kier alpha value is -2.00. The summed E-state index contributed by atoms with van der Waals surface area (Å²) in [4.78, 5) is 12.4. The number of hydrogen-bond acceptors (Lipinski definition) is 2. The molecule has 0 spiro atoms. The SMILES string of the molecule is CCC(Oc1ccc(Cl)cc1)C(=O)NC(C)c1ccc(C)cc1. The summed E-state index contributed by atoms with van der Waals surface area (Å²) in [6.07, 6.45) is 0.0683. The van der Waals surface area contributed by atoms with E-state index in [1.807, 2.05) is 45.0 Å². The van der Waals surface area contributed by atoms with Crippen LogP contribution in [0.15, 0.2) is 48.5 Å². The van der Waals surface area contributed by atoms with E-state index >= 15 is 0 Å². The van der Waals surface area contributed by atoms with Crippen molar-refractivity contribution in [1.29, 1.82) is 0 Å². The molecule has 2 atom stereocenters. The number of benzene rings is 2. The second-order valence-corrected chi connectivity index (χ2v) is 6.05. The van der Waals surface area contributed by atoms with E-state index < -0.39 is 6.10 Å². The van der Waals surface area contributed by atoms with Gasteiger partial charge < -0.3 is 10.1 Å². The van der Waals surface area contributed by atoms with Crippen molar-refractivity contribution in [3.05, 3.63) is 64.7 Å². The second-order valence-electron chi connectivity index (χ2n) is 5.61. The van der Waals surface area contributed by atoms with E-state index in [1.54, 1.807) is 24.3 Å². The van der Waals surface area contributed by atoms with Crippen LogP contribution in [0.25, 0.3) is 0 Å². The fourth-order valence-corrected chi connectivity index (χ4v) is 2.37. The Labute approximate surface area is 142 Å². The molecule has 0 aromatic heterocycles. The number of ether oxygens (including phenoxy) is 1. The monoisotopic (exact) mass is 331 g/mol. The lowest BCUT2D eigenvalue weighted by molar-refractivity contribution is -0.128. The molecule has 0 heterocycles.